The molecule has 3 aromatic carbocycles. The third-order valence-corrected chi connectivity index (χ3v) is 5.01. The Balaban J connectivity index is 2.23. The molecule has 0 bridgehead atoms. The van der Waals surface area contributed by atoms with E-state index in [0.717, 1.165) is 10.8 Å². The fourth-order valence-corrected chi connectivity index (χ4v) is 3.75. The third-order valence-electron chi connectivity index (χ3n) is 4.10. The van der Waals surface area contributed by atoms with Crippen LogP contribution in [0.1, 0.15) is 26.7 Å². The number of nitrogen functional groups attached to an aromatic ring is 1. The molecule has 3 aromatic rings. The molecule has 0 spiro atoms. The van der Waals surface area contributed by atoms with Crippen molar-refractivity contribution in [1.82, 2.24) is 0 Å². The molecule has 2 atom stereocenters. The molecule has 0 amide bonds. The number of nitrogens with two attached hydrogens (primary N) is 1. The van der Waals surface area contributed by atoms with E-state index in [0.29, 0.717) is 16.8 Å². The first-order chi connectivity index (χ1) is 12.0. The molecular weight excluding hydrogens is 338 g/mol. The Labute approximate surface area is 147 Å². The van der Waals surface area contributed by atoms with Crippen molar-refractivity contribution in [2.24, 2.45) is 0 Å². The zero-order valence-corrected chi connectivity index (χ0v) is 14.3. The van der Waals surface area contributed by atoms with Gasteiger partial charge in [-0.15, -0.1) is 0 Å². The maximum absolute atomic E-state index is 12.2. The van der Waals surface area contributed by atoms with Crippen LogP contribution in [0.2, 0.25) is 0 Å². The van der Waals surface area contributed by atoms with Crippen LogP contribution in [0.25, 0.3) is 10.8 Å². The fraction of sp³-hybridized carbons (Fsp3) is 0.105. The fourth-order valence-electron chi connectivity index (χ4n) is 2.91. The number of carbonyl (C=O) groups is 1. The van der Waals surface area contributed by atoms with Crippen molar-refractivity contribution in [2.45, 2.75) is 5.25 Å². The Morgan fingerprint density at radius 1 is 1.08 bits per heavy atom. The summed E-state index contributed by atoms with van der Waals surface area (Å²) in [6.07, 6.45) is 0. The van der Waals surface area contributed by atoms with Crippen molar-refractivity contribution >= 4 is 33.5 Å². The van der Waals surface area contributed by atoms with Gasteiger partial charge in [0.25, 0.3) is 0 Å². The number of esters is 1. The van der Waals surface area contributed by atoms with Gasteiger partial charge < -0.3 is 15.0 Å². The lowest BCUT2D eigenvalue weighted by molar-refractivity contribution is 0.0600. The Hall–Kier alpha value is -2.70. The molecule has 0 aliphatic heterocycles. The van der Waals surface area contributed by atoms with Crippen LogP contribution in [0.5, 0.6) is 0 Å². The van der Waals surface area contributed by atoms with Gasteiger partial charge in [-0.25, -0.2) is 9.00 Å². The molecular formula is C19H17NO4S. The molecule has 0 saturated heterocycles. The topological polar surface area (TPSA) is 89.6 Å². The standard InChI is InChI=1S/C19H17NO4S/c1-24-19(21)13-9-10-17(20)16(11-13)18(25(22)23)15-8-4-6-12-5-2-3-7-14(12)15/h2-11,18H,20H2,1H3,(H,22,23). The summed E-state index contributed by atoms with van der Waals surface area (Å²) in [5.74, 6) is -0.526. The number of hydrogen-bond acceptors (Lipinski definition) is 4. The number of rotatable bonds is 4. The van der Waals surface area contributed by atoms with Crippen LogP contribution in [0.4, 0.5) is 5.69 Å². The number of benzene rings is 3. The lowest BCUT2D eigenvalue weighted by Crippen LogP contribution is -2.12. The van der Waals surface area contributed by atoms with Gasteiger partial charge in [-0.1, -0.05) is 42.5 Å². The zero-order valence-electron chi connectivity index (χ0n) is 13.5. The van der Waals surface area contributed by atoms with E-state index in [1.54, 1.807) is 12.1 Å². The van der Waals surface area contributed by atoms with Crippen LogP contribution in [-0.2, 0) is 15.8 Å². The minimum Gasteiger partial charge on any atom is -0.465 e. The number of fused-ring (bicyclic) bond motifs is 1. The molecule has 0 aromatic heterocycles. The molecule has 0 aliphatic carbocycles. The quantitative estimate of drug-likeness (QED) is 0.425. The van der Waals surface area contributed by atoms with E-state index < -0.39 is 22.3 Å². The summed E-state index contributed by atoms with van der Waals surface area (Å²) in [7, 11) is 1.28. The molecule has 0 aliphatic rings. The Morgan fingerprint density at radius 2 is 1.80 bits per heavy atom. The van der Waals surface area contributed by atoms with Gasteiger partial charge in [0.1, 0.15) is 5.25 Å². The van der Waals surface area contributed by atoms with E-state index in [9.17, 15) is 13.6 Å². The third kappa shape index (κ3) is 3.26. The van der Waals surface area contributed by atoms with Crippen LogP contribution in [0.15, 0.2) is 60.7 Å². The lowest BCUT2D eigenvalue weighted by atomic mass is 9.96. The average Bonchev–Trinajstić information content (AvgIpc) is 2.62. The summed E-state index contributed by atoms with van der Waals surface area (Å²) < 4.78 is 26.9. The van der Waals surface area contributed by atoms with E-state index in [1.165, 1.54) is 19.2 Å². The predicted molar refractivity (Wildman–Crippen MR) is 98.8 cm³/mol. The van der Waals surface area contributed by atoms with Gasteiger partial charge in [0.05, 0.1) is 12.7 Å². The minimum atomic E-state index is -2.23. The van der Waals surface area contributed by atoms with Gasteiger partial charge in [-0.2, -0.15) is 0 Å². The van der Waals surface area contributed by atoms with E-state index in [4.69, 9.17) is 10.5 Å². The first-order valence-electron chi connectivity index (χ1n) is 7.58. The lowest BCUT2D eigenvalue weighted by Gasteiger charge is -2.19. The van der Waals surface area contributed by atoms with Crippen molar-refractivity contribution < 1.29 is 18.3 Å². The Kier molecular flexibility index (Phi) is 4.83. The van der Waals surface area contributed by atoms with Gasteiger partial charge in [0, 0.05) is 5.69 Å². The van der Waals surface area contributed by atoms with E-state index >= 15 is 0 Å². The van der Waals surface area contributed by atoms with Gasteiger partial charge in [0.15, 0.2) is 11.1 Å². The van der Waals surface area contributed by atoms with E-state index in [-0.39, 0.29) is 5.56 Å². The number of carbonyl (C=O) groups excluding carboxylic acids is 1. The summed E-state index contributed by atoms with van der Waals surface area (Å²) in [4.78, 5) is 11.8. The Bertz CT molecular complexity index is 965. The first kappa shape index (κ1) is 17.1. The molecule has 25 heavy (non-hydrogen) atoms. The highest BCUT2D eigenvalue weighted by atomic mass is 32.2. The van der Waals surface area contributed by atoms with Crippen molar-refractivity contribution in [2.75, 3.05) is 12.8 Å². The molecule has 0 heterocycles. The zero-order chi connectivity index (χ0) is 18.0. The first-order valence-corrected chi connectivity index (χ1v) is 8.75. The highest BCUT2D eigenvalue weighted by Crippen LogP contribution is 2.36. The molecule has 128 valence electrons. The Morgan fingerprint density at radius 3 is 2.52 bits per heavy atom. The summed E-state index contributed by atoms with van der Waals surface area (Å²) >= 11 is -2.23. The molecule has 0 radical (unpaired) electrons. The molecule has 5 nitrogen and oxygen atoms in total. The van der Waals surface area contributed by atoms with Gasteiger partial charge in [-0.3, -0.25) is 0 Å². The second-order valence-corrected chi connectivity index (χ2v) is 6.58. The SMILES string of the molecule is COC(=O)c1ccc(N)c(C(c2cccc3ccccc23)S(=O)O)c1. The highest BCUT2D eigenvalue weighted by molar-refractivity contribution is 7.79. The number of anilines is 1. The summed E-state index contributed by atoms with van der Waals surface area (Å²) in [6, 6.07) is 17.8. The highest BCUT2D eigenvalue weighted by Gasteiger charge is 2.25. The average molecular weight is 355 g/mol. The van der Waals surface area contributed by atoms with E-state index in [2.05, 4.69) is 0 Å². The summed E-state index contributed by atoms with van der Waals surface area (Å²) in [5, 5.41) is 0.939. The van der Waals surface area contributed by atoms with Gasteiger partial charge >= 0.3 is 5.97 Å². The van der Waals surface area contributed by atoms with Crippen LogP contribution < -0.4 is 5.73 Å². The summed E-state index contributed by atoms with van der Waals surface area (Å²) in [5.41, 5.74) is 7.76. The maximum atomic E-state index is 12.2. The maximum Gasteiger partial charge on any atom is 0.337 e. The van der Waals surface area contributed by atoms with Gasteiger partial charge in [0.2, 0.25) is 0 Å². The molecule has 0 saturated carbocycles. The van der Waals surface area contributed by atoms with Crippen LogP contribution in [0, 0.1) is 0 Å². The second kappa shape index (κ2) is 7.04. The van der Waals surface area contributed by atoms with Crippen molar-refractivity contribution in [3.8, 4) is 0 Å². The summed E-state index contributed by atoms with van der Waals surface area (Å²) in [6.45, 7) is 0. The molecule has 3 N–H and O–H groups in total. The second-order valence-electron chi connectivity index (χ2n) is 5.56. The van der Waals surface area contributed by atoms with Crippen molar-refractivity contribution in [3.05, 3.63) is 77.4 Å². The van der Waals surface area contributed by atoms with Gasteiger partial charge in [-0.05, 0) is 40.1 Å². The molecule has 3 rings (SSSR count). The van der Waals surface area contributed by atoms with Crippen molar-refractivity contribution in [3.63, 3.8) is 0 Å². The molecule has 0 fully saturated rings. The number of hydrogen-bond donors (Lipinski definition) is 2. The predicted octanol–water partition coefficient (Wildman–Crippen LogP) is 3.52. The van der Waals surface area contributed by atoms with E-state index in [1.807, 2.05) is 36.4 Å². The van der Waals surface area contributed by atoms with Crippen LogP contribution in [-0.4, -0.2) is 21.8 Å². The molecule has 2 unspecified atom stereocenters. The number of ether oxygens (including phenoxy) is 1. The molecule has 6 heteroatoms. The largest absolute Gasteiger partial charge is 0.465 e. The number of methoxy groups -OCH3 is 1. The minimum absolute atomic E-state index is 0.280. The van der Waals surface area contributed by atoms with Crippen LogP contribution >= 0.6 is 0 Å². The van der Waals surface area contributed by atoms with Crippen molar-refractivity contribution in [1.29, 1.82) is 0 Å². The normalized spacial score (nSPS) is 13.4. The smallest absolute Gasteiger partial charge is 0.337 e. The monoisotopic (exact) mass is 355 g/mol. The van der Waals surface area contributed by atoms with Crippen LogP contribution in [0.3, 0.4) is 0 Å².